The van der Waals surface area contributed by atoms with Crippen molar-refractivity contribution in [2.75, 3.05) is 5.32 Å². The smallest absolute Gasteiger partial charge is 0.252 e. The predicted molar refractivity (Wildman–Crippen MR) is 129 cm³/mol. The summed E-state index contributed by atoms with van der Waals surface area (Å²) < 4.78 is 0.140. The summed E-state index contributed by atoms with van der Waals surface area (Å²) in [5.41, 5.74) is 2.25. The summed E-state index contributed by atoms with van der Waals surface area (Å²) in [5, 5.41) is 8.74. The number of halogens is 5. The number of hydrogen-bond acceptors (Lipinski definition) is 2. The van der Waals surface area contributed by atoms with Gasteiger partial charge in [0.25, 0.3) is 5.91 Å². The van der Waals surface area contributed by atoms with Crippen molar-refractivity contribution in [3.8, 4) is 0 Å². The van der Waals surface area contributed by atoms with Crippen LogP contribution in [-0.2, 0) is 0 Å². The third-order valence-electron chi connectivity index (χ3n) is 3.42. The molecule has 0 spiro atoms. The predicted octanol–water partition coefficient (Wildman–Crippen LogP) is 5.77. The summed E-state index contributed by atoms with van der Waals surface area (Å²) in [6.07, 6.45) is -1.04. The monoisotopic (exact) mass is 619 g/mol. The molecule has 0 aliphatic rings. The maximum atomic E-state index is 12.4. The molecular formula is C17H14BrCl3IN3OS. The van der Waals surface area contributed by atoms with Crippen molar-refractivity contribution < 1.29 is 4.79 Å². The molecule has 2 aromatic carbocycles. The summed E-state index contributed by atoms with van der Waals surface area (Å²) in [6.45, 7) is 1.95. The number of aryl methyl sites for hydroxylation is 1. The Hall–Kier alpha value is -0.320. The van der Waals surface area contributed by atoms with Gasteiger partial charge in [-0.25, -0.2) is 0 Å². The van der Waals surface area contributed by atoms with Crippen LogP contribution in [0.3, 0.4) is 0 Å². The lowest BCUT2D eigenvalue weighted by Gasteiger charge is -2.28. The van der Waals surface area contributed by atoms with E-state index in [1.807, 2.05) is 25.1 Å². The van der Waals surface area contributed by atoms with Crippen LogP contribution in [0.2, 0.25) is 0 Å². The number of hydrogen-bond donors (Lipinski definition) is 3. The normalized spacial score (nSPS) is 12.2. The highest BCUT2D eigenvalue weighted by molar-refractivity contribution is 14.1. The number of carbonyl (C=O) groups is 1. The fraction of sp³-hybridized carbons (Fsp3) is 0.176. The molecule has 0 aromatic heterocycles. The van der Waals surface area contributed by atoms with E-state index in [2.05, 4.69) is 54.5 Å². The minimum absolute atomic E-state index is 0.215. The Balaban J connectivity index is 2.08. The fourth-order valence-electron chi connectivity index (χ4n) is 2.07. The van der Waals surface area contributed by atoms with Crippen LogP contribution in [0.5, 0.6) is 0 Å². The number of nitrogens with one attached hydrogen (secondary N) is 3. The molecule has 3 N–H and O–H groups in total. The molecule has 0 fully saturated rings. The number of alkyl halides is 3. The van der Waals surface area contributed by atoms with Crippen LogP contribution in [0.25, 0.3) is 0 Å². The Bertz CT molecular complexity index is 846. The topological polar surface area (TPSA) is 53.2 Å². The molecule has 2 rings (SSSR count). The van der Waals surface area contributed by atoms with Gasteiger partial charge in [0.05, 0.1) is 0 Å². The lowest BCUT2D eigenvalue weighted by molar-refractivity contribution is 0.0934. The molecule has 0 bridgehead atoms. The number of anilines is 1. The van der Waals surface area contributed by atoms with Crippen molar-refractivity contribution >= 4 is 102 Å². The van der Waals surface area contributed by atoms with E-state index in [-0.39, 0.29) is 5.11 Å². The lowest BCUT2D eigenvalue weighted by atomic mass is 10.2. The second-order valence-corrected chi connectivity index (χ2v) is 10.5. The van der Waals surface area contributed by atoms with E-state index in [9.17, 15) is 4.79 Å². The molecule has 1 amide bonds. The average Bonchev–Trinajstić information content (AvgIpc) is 2.56. The second kappa shape index (κ2) is 9.93. The van der Waals surface area contributed by atoms with Crippen molar-refractivity contribution in [2.24, 2.45) is 0 Å². The van der Waals surface area contributed by atoms with Crippen LogP contribution >= 0.6 is 85.5 Å². The third-order valence-corrected chi connectivity index (χ3v) is 5.50. The summed E-state index contributed by atoms with van der Waals surface area (Å²) in [5.74, 6) is -0.403. The zero-order valence-corrected chi connectivity index (χ0v) is 20.7. The van der Waals surface area contributed by atoms with Gasteiger partial charge >= 0.3 is 0 Å². The van der Waals surface area contributed by atoms with Gasteiger partial charge in [0.1, 0.15) is 6.17 Å². The Labute approximate surface area is 200 Å². The van der Waals surface area contributed by atoms with Crippen molar-refractivity contribution in [1.29, 1.82) is 0 Å². The Morgan fingerprint density at radius 2 is 1.78 bits per heavy atom. The summed E-state index contributed by atoms with van der Waals surface area (Å²) in [7, 11) is 0. The molecule has 1 unspecified atom stereocenters. The summed E-state index contributed by atoms with van der Waals surface area (Å²) in [4.78, 5) is 12.4. The number of benzene rings is 2. The maximum absolute atomic E-state index is 12.4. The first-order valence-corrected chi connectivity index (χ1v) is 10.9. The van der Waals surface area contributed by atoms with Gasteiger partial charge in [-0.1, -0.05) is 50.7 Å². The molecule has 144 valence electrons. The number of rotatable bonds is 4. The van der Waals surface area contributed by atoms with Crippen LogP contribution in [-0.4, -0.2) is 21.0 Å². The molecule has 10 heteroatoms. The van der Waals surface area contributed by atoms with Gasteiger partial charge in [-0.15, -0.1) is 0 Å². The highest BCUT2D eigenvalue weighted by atomic mass is 127. The Morgan fingerprint density at radius 1 is 1.15 bits per heavy atom. The Morgan fingerprint density at radius 3 is 2.33 bits per heavy atom. The van der Waals surface area contributed by atoms with Crippen LogP contribution in [0.4, 0.5) is 5.69 Å². The van der Waals surface area contributed by atoms with E-state index < -0.39 is 15.9 Å². The zero-order valence-electron chi connectivity index (χ0n) is 13.8. The van der Waals surface area contributed by atoms with Gasteiger partial charge in [0.15, 0.2) is 5.11 Å². The SMILES string of the molecule is Cc1cc(I)ccc1NC(=S)NC(NC(=O)c1ccc(Br)cc1)C(Cl)(Cl)Cl. The molecule has 0 saturated heterocycles. The van der Waals surface area contributed by atoms with Gasteiger partial charge in [-0.05, 0) is 89.8 Å². The molecule has 0 aliphatic heterocycles. The fourth-order valence-corrected chi connectivity index (χ4v) is 3.54. The van der Waals surface area contributed by atoms with E-state index in [1.54, 1.807) is 24.3 Å². The number of thiocarbonyl (C=S) groups is 1. The number of amides is 1. The molecule has 0 aliphatic carbocycles. The molecule has 27 heavy (non-hydrogen) atoms. The van der Waals surface area contributed by atoms with Crippen molar-refractivity contribution in [3.63, 3.8) is 0 Å². The van der Waals surface area contributed by atoms with Crippen LogP contribution < -0.4 is 16.0 Å². The van der Waals surface area contributed by atoms with E-state index >= 15 is 0 Å². The van der Waals surface area contributed by atoms with Crippen molar-refractivity contribution in [2.45, 2.75) is 16.9 Å². The largest absolute Gasteiger partial charge is 0.339 e. The minimum atomic E-state index is -1.82. The van der Waals surface area contributed by atoms with Crippen LogP contribution in [0.1, 0.15) is 15.9 Å². The summed E-state index contributed by atoms with van der Waals surface area (Å²) in [6, 6.07) is 12.7. The van der Waals surface area contributed by atoms with Gasteiger partial charge < -0.3 is 16.0 Å². The van der Waals surface area contributed by atoms with Gasteiger partial charge in [-0.3, -0.25) is 4.79 Å². The van der Waals surface area contributed by atoms with Crippen LogP contribution in [0, 0.1) is 10.5 Å². The average molecular weight is 622 g/mol. The lowest BCUT2D eigenvalue weighted by Crippen LogP contribution is -2.56. The molecule has 2 aromatic rings. The molecule has 0 heterocycles. The van der Waals surface area contributed by atoms with E-state index in [4.69, 9.17) is 47.0 Å². The third kappa shape index (κ3) is 7.21. The Kier molecular flexibility index (Phi) is 8.45. The number of carbonyl (C=O) groups excluding carboxylic acids is 1. The molecular weight excluding hydrogens is 607 g/mol. The van der Waals surface area contributed by atoms with Crippen LogP contribution in [0.15, 0.2) is 46.9 Å². The molecule has 0 saturated carbocycles. The zero-order chi connectivity index (χ0) is 20.2. The summed E-state index contributed by atoms with van der Waals surface area (Å²) >= 11 is 28.9. The standard InChI is InChI=1S/C17H14BrCl3IN3OS/c1-9-8-12(22)6-7-13(9)23-16(27)25-15(17(19,20)21)24-14(26)10-2-4-11(18)5-3-10/h2-8,15H,1H3,(H,24,26)(H2,23,25,27). The first kappa shape index (κ1) is 23.0. The second-order valence-electron chi connectivity index (χ2n) is 5.51. The minimum Gasteiger partial charge on any atom is -0.339 e. The van der Waals surface area contributed by atoms with Gasteiger partial charge in [0.2, 0.25) is 3.79 Å². The van der Waals surface area contributed by atoms with E-state index in [0.717, 1.165) is 19.3 Å². The van der Waals surface area contributed by atoms with Crippen molar-refractivity contribution in [3.05, 3.63) is 61.6 Å². The first-order valence-electron chi connectivity index (χ1n) is 7.53. The maximum Gasteiger partial charge on any atom is 0.252 e. The molecule has 1 atom stereocenters. The molecule has 4 nitrogen and oxygen atoms in total. The molecule has 0 radical (unpaired) electrons. The first-order chi connectivity index (χ1) is 12.6. The van der Waals surface area contributed by atoms with E-state index in [0.29, 0.717) is 5.56 Å². The quantitative estimate of drug-likeness (QED) is 0.176. The van der Waals surface area contributed by atoms with Gasteiger partial charge in [-0.2, -0.15) is 0 Å². The van der Waals surface area contributed by atoms with Crippen molar-refractivity contribution in [1.82, 2.24) is 10.6 Å². The van der Waals surface area contributed by atoms with Gasteiger partial charge in [0, 0.05) is 19.3 Å². The van der Waals surface area contributed by atoms with E-state index in [1.165, 1.54) is 0 Å². The highest BCUT2D eigenvalue weighted by Crippen LogP contribution is 2.29. The highest BCUT2D eigenvalue weighted by Gasteiger charge is 2.35.